The fraction of sp³-hybridized carbons (Fsp3) is 0.300. The van der Waals surface area contributed by atoms with Gasteiger partial charge in [-0.2, -0.15) is 4.68 Å². The van der Waals surface area contributed by atoms with E-state index in [0.717, 1.165) is 32.9 Å². The van der Waals surface area contributed by atoms with Gasteiger partial charge in [-0.25, -0.2) is 9.78 Å². The zero-order valence-corrected chi connectivity index (χ0v) is 17.1. The van der Waals surface area contributed by atoms with Crippen molar-refractivity contribution < 1.29 is 9.21 Å². The van der Waals surface area contributed by atoms with Gasteiger partial charge < -0.3 is 9.32 Å². The summed E-state index contributed by atoms with van der Waals surface area (Å²) in [5.41, 5.74) is 1.01. The Kier molecular flexibility index (Phi) is 4.76. The fourth-order valence-electron chi connectivity index (χ4n) is 3.60. The van der Waals surface area contributed by atoms with Gasteiger partial charge in [0.15, 0.2) is 0 Å². The number of hydrogen-bond donors (Lipinski definition) is 0. The van der Waals surface area contributed by atoms with Gasteiger partial charge in [-0.3, -0.25) is 4.79 Å². The molecule has 0 spiro atoms. The summed E-state index contributed by atoms with van der Waals surface area (Å²) in [7, 11) is 0. The monoisotopic (exact) mass is 426 g/mol. The molecule has 1 saturated heterocycles. The van der Waals surface area contributed by atoms with Gasteiger partial charge in [-0.05, 0) is 36.4 Å². The molecule has 5 rings (SSSR count). The van der Waals surface area contributed by atoms with E-state index < -0.39 is 5.76 Å². The molecule has 4 heterocycles. The predicted molar refractivity (Wildman–Crippen MR) is 112 cm³/mol. The number of aromatic nitrogens is 3. The summed E-state index contributed by atoms with van der Waals surface area (Å²) in [5, 5.41) is 7.14. The van der Waals surface area contributed by atoms with Gasteiger partial charge in [0.25, 0.3) is 5.89 Å². The summed E-state index contributed by atoms with van der Waals surface area (Å²) in [6.45, 7) is 1.19. The molecule has 0 saturated carbocycles. The Labute approximate surface area is 174 Å². The second-order valence-electron chi connectivity index (χ2n) is 7.01. The van der Waals surface area contributed by atoms with Crippen molar-refractivity contribution in [2.75, 3.05) is 13.1 Å². The SMILES string of the molecule is O=C(Cn1nc(-c2cccs2)oc1=O)N1CCC[C@@H](c2nc3ccccc3s2)C1. The van der Waals surface area contributed by atoms with Crippen LogP contribution in [0.1, 0.15) is 23.8 Å². The van der Waals surface area contributed by atoms with Crippen LogP contribution in [0.5, 0.6) is 0 Å². The number of carbonyl (C=O) groups is 1. The number of amides is 1. The first kappa shape index (κ1) is 18.3. The number of benzene rings is 1. The molecule has 29 heavy (non-hydrogen) atoms. The van der Waals surface area contributed by atoms with E-state index in [1.807, 2.05) is 40.6 Å². The van der Waals surface area contributed by atoms with E-state index in [0.29, 0.717) is 13.1 Å². The lowest BCUT2D eigenvalue weighted by molar-refractivity contribution is -0.133. The average Bonchev–Trinajstić information content (AvgIpc) is 3.48. The highest BCUT2D eigenvalue weighted by molar-refractivity contribution is 7.18. The molecule has 3 aromatic heterocycles. The first-order chi connectivity index (χ1) is 14.2. The highest BCUT2D eigenvalue weighted by Gasteiger charge is 2.27. The van der Waals surface area contributed by atoms with Crippen molar-refractivity contribution in [3.05, 3.63) is 57.3 Å². The van der Waals surface area contributed by atoms with Gasteiger partial charge in [-0.1, -0.05) is 18.2 Å². The number of fused-ring (bicyclic) bond motifs is 1. The van der Waals surface area contributed by atoms with Crippen LogP contribution < -0.4 is 5.76 Å². The first-order valence-corrected chi connectivity index (χ1v) is 11.1. The van der Waals surface area contributed by atoms with Gasteiger partial charge in [0.2, 0.25) is 5.91 Å². The van der Waals surface area contributed by atoms with E-state index >= 15 is 0 Å². The Morgan fingerprint density at radius 3 is 2.97 bits per heavy atom. The number of carbonyl (C=O) groups excluding carboxylic acids is 1. The second kappa shape index (κ2) is 7.57. The van der Waals surface area contributed by atoms with Crippen molar-refractivity contribution >= 4 is 38.8 Å². The summed E-state index contributed by atoms with van der Waals surface area (Å²) in [6.07, 6.45) is 1.93. The summed E-state index contributed by atoms with van der Waals surface area (Å²) < 4.78 is 7.48. The third-order valence-electron chi connectivity index (χ3n) is 5.06. The molecule has 4 aromatic rings. The minimum atomic E-state index is -0.610. The molecule has 0 radical (unpaired) electrons. The van der Waals surface area contributed by atoms with E-state index in [4.69, 9.17) is 9.40 Å². The molecule has 0 aliphatic carbocycles. The topological polar surface area (TPSA) is 81.2 Å². The molecule has 1 aliphatic rings. The molecule has 1 atom stereocenters. The molecule has 7 nitrogen and oxygen atoms in total. The molecular formula is C20H18N4O3S2. The normalized spacial score (nSPS) is 17.1. The Morgan fingerprint density at radius 2 is 2.14 bits per heavy atom. The van der Waals surface area contributed by atoms with Crippen LogP contribution in [0.2, 0.25) is 0 Å². The number of likely N-dealkylation sites (tertiary alicyclic amines) is 1. The average molecular weight is 427 g/mol. The Morgan fingerprint density at radius 1 is 1.24 bits per heavy atom. The molecule has 0 N–H and O–H groups in total. The number of hydrogen-bond acceptors (Lipinski definition) is 7. The molecule has 0 bridgehead atoms. The van der Waals surface area contributed by atoms with Crippen LogP contribution in [-0.4, -0.2) is 38.7 Å². The van der Waals surface area contributed by atoms with Gasteiger partial charge in [0, 0.05) is 19.0 Å². The molecule has 1 amide bonds. The smallest absolute Gasteiger partial charge is 0.387 e. The molecule has 9 heteroatoms. The van der Waals surface area contributed by atoms with E-state index in [9.17, 15) is 9.59 Å². The predicted octanol–water partition coefficient (Wildman–Crippen LogP) is 3.58. The van der Waals surface area contributed by atoms with E-state index in [2.05, 4.69) is 11.2 Å². The summed E-state index contributed by atoms with van der Waals surface area (Å²) in [4.78, 5) is 32.3. The van der Waals surface area contributed by atoms with Crippen molar-refractivity contribution in [2.24, 2.45) is 0 Å². The lowest BCUT2D eigenvalue weighted by Gasteiger charge is -2.31. The van der Waals surface area contributed by atoms with Crippen LogP contribution in [0.4, 0.5) is 0 Å². The van der Waals surface area contributed by atoms with Crippen molar-refractivity contribution in [3.8, 4) is 10.8 Å². The number of rotatable bonds is 4. The van der Waals surface area contributed by atoms with Crippen LogP contribution in [-0.2, 0) is 11.3 Å². The Hall–Kier alpha value is -2.78. The fourth-order valence-corrected chi connectivity index (χ4v) is 5.34. The molecule has 1 aliphatic heterocycles. The summed E-state index contributed by atoms with van der Waals surface area (Å²) >= 11 is 3.13. The second-order valence-corrected chi connectivity index (χ2v) is 9.02. The summed E-state index contributed by atoms with van der Waals surface area (Å²) in [5.74, 6) is -0.255. The lowest BCUT2D eigenvalue weighted by Crippen LogP contribution is -2.42. The van der Waals surface area contributed by atoms with Gasteiger partial charge >= 0.3 is 5.76 Å². The zero-order valence-electron chi connectivity index (χ0n) is 15.5. The number of nitrogens with zero attached hydrogens (tertiary/aromatic N) is 4. The van der Waals surface area contributed by atoms with Crippen LogP contribution >= 0.6 is 22.7 Å². The third kappa shape index (κ3) is 3.63. The molecule has 148 valence electrons. The van der Waals surface area contributed by atoms with Crippen molar-refractivity contribution in [1.29, 1.82) is 0 Å². The number of para-hydroxylation sites is 1. The third-order valence-corrected chi connectivity index (χ3v) is 7.11. The maximum atomic E-state index is 12.8. The van der Waals surface area contributed by atoms with Crippen LogP contribution in [0.15, 0.2) is 51.0 Å². The van der Waals surface area contributed by atoms with Crippen molar-refractivity contribution in [3.63, 3.8) is 0 Å². The van der Waals surface area contributed by atoms with E-state index in [-0.39, 0.29) is 24.3 Å². The largest absolute Gasteiger partial charge is 0.437 e. The van der Waals surface area contributed by atoms with Crippen LogP contribution in [0, 0.1) is 0 Å². The zero-order chi connectivity index (χ0) is 19.8. The molecule has 1 aromatic carbocycles. The molecule has 0 unspecified atom stereocenters. The highest BCUT2D eigenvalue weighted by atomic mass is 32.1. The maximum Gasteiger partial charge on any atom is 0.437 e. The van der Waals surface area contributed by atoms with Crippen molar-refractivity contribution in [1.82, 2.24) is 19.7 Å². The quantitative estimate of drug-likeness (QED) is 0.498. The van der Waals surface area contributed by atoms with Gasteiger partial charge in [0.05, 0.1) is 20.1 Å². The molecule has 1 fully saturated rings. The molecular weight excluding hydrogens is 408 g/mol. The standard InChI is InChI=1S/C20H18N4O3S2/c25-17(12-24-20(26)27-18(22-24)16-8-4-10-28-16)23-9-3-5-13(11-23)19-21-14-6-1-2-7-15(14)29-19/h1-2,4,6-8,10,13H,3,5,9,11-12H2/t13-/m1/s1. The maximum absolute atomic E-state index is 12.8. The minimum Gasteiger partial charge on any atom is -0.387 e. The van der Waals surface area contributed by atoms with E-state index in [1.165, 1.54) is 16.0 Å². The van der Waals surface area contributed by atoms with Crippen molar-refractivity contribution in [2.45, 2.75) is 25.3 Å². The van der Waals surface area contributed by atoms with Crippen LogP contribution in [0.3, 0.4) is 0 Å². The van der Waals surface area contributed by atoms with E-state index in [1.54, 1.807) is 11.3 Å². The van der Waals surface area contributed by atoms with Gasteiger partial charge in [0.1, 0.15) is 6.54 Å². The Balaban J connectivity index is 1.30. The number of thiophene rings is 1. The lowest BCUT2D eigenvalue weighted by atomic mass is 9.98. The number of thiazole rings is 1. The van der Waals surface area contributed by atoms with Gasteiger partial charge in [-0.15, -0.1) is 27.8 Å². The van der Waals surface area contributed by atoms with Crippen LogP contribution in [0.25, 0.3) is 21.0 Å². The number of piperidine rings is 1. The highest BCUT2D eigenvalue weighted by Crippen LogP contribution is 2.33. The summed E-state index contributed by atoms with van der Waals surface area (Å²) in [6, 6.07) is 11.8. The minimum absolute atomic E-state index is 0.111. The first-order valence-electron chi connectivity index (χ1n) is 9.42. The Bertz CT molecular complexity index is 1180.